The summed E-state index contributed by atoms with van der Waals surface area (Å²) in [6.07, 6.45) is -1.37. The van der Waals surface area contributed by atoms with Crippen LogP contribution in [0.5, 0.6) is 0 Å². The largest absolute Gasteiger partial charge is 0.481 e. The van der Waals surface area contributed by atoms with Crippen molar-refractivity contribution < 1.29 is 39.6 Å². The van der Waals surface area contributed by atoms with Gasteiger partial charge in [-0.1, -0.05) is 6.92 Å². The fraction of sp³-hybridized carbons (Fsp3) is 0.600. The average molecular weight is 262 g/mol. The van der Waals surface area contributed by atoms with Gasteiger partial charge in [0.2, 0.25) is 0 Å². The predicted molar refractivity (Wildman–Crippen MR) is 55.9 cm³/mol. The first-order valence-electron chi connectivity index (χ1n) is 5.09. The number of ketones is 1. The SMILES string of the molecule is CCCC(=O)C(C(=O)O)C(O)(CC(=O)O)C(=O)O. The monoisotopic (exact) mass is 262 g/mol. The Bertz CT molecular complexity index is 374. The van der Waals surface area contributed by atoms with E-state index in [9.17, 15) is 24.3 Å². The van der Waals surface area contributed by atoms with Crippen molar-refractivity contribution in [2.45, 2.75) is 31.8 Å². The van der Waals surface area contributed by atoms with Crippen molar-refractivity contribution in [3.05, 3.63) is 0 Å². The number of aliphatic carboxylic acids is 3. The first kappa shape index (κ1) is 16.0. The Morgan fingerprint density at radius 1 is 1.11 bits per heavy atom. The summed E-state index contributed by atoms with van der Waals surface area (Å²) in [4.78, 5) is 43.8. The number of hydrogen-bond acceptors (Lipinski definition) is 5. The molecular formula is C10H14O8. The lowest BCUT2D eigenvalue weighted by atomic mass is 9.80. The molecule has 0 spiro atoms. The van der Waals surface area contributed by atoms with E-state index in [-0.39, 0.29) is 12.8 Å². The lowest BCUT2D eigenvalue weighted by Gasteiger charge is -2.27. The van der Waals surface area contributed by atoms with Crippen molar-refractivity contribution in [2.24, 2.45) is 5.92 Å². The van der Waals surface area contributed by atoms with Crippen LogP contribution in [0.1, 0.15) is 26.2 Å². The maximum atomic E-state index is 11.5. The number of carboxylic acids is 3. The zero-order valence-corrected chi connectivity index (χ0v) is 9.62. The van der Waals surface area contributed by atoms with Crippen molar-refractivity contribution in [1.29, 1.82) is 0 Å². The van der Waals surface area contributed by atoms with Gasteiger partial charge in [-0.3, -0.25) is 14.4 Å². The quantitative estimate of drug-likeness (QED) is 0.421. The number of Topliss-reactive ketones (excluding diaryl/α,β-unsaturated/α-hetero) is 1. The average Bonchev–Trinajstić information content (AvgIpc) is 2.15. The van der Waals surface area contributed by atoms with Gasteiger partial charge in [-0.2, -0.15) is 0 Å². The molecule has 0 aromatic rings. The van der Waals surface area contributed by atoms with Gasteiger partial charge in [0.25, 0.3) is 0 Å². The second-order valence-electron chi connectivity index (χ2n) is 3.79. The van der Waals surface area contributed by atoms with E-state index in [0.29, 0.717) is 0 Å². The Hall–Kier alpha value is -1.96. The minimum Gasteiger partial charge on any atom is -0.481 e. The lowest BCUT2D eigenvalue weighted by molar-refractivity contribution is -0.180. The predicted octanol–water partition coefficient (Wildman–Crippen LogP) is -0.653. The molecule has 0 saturated heterocycles. The fourth-order valence-corrected chi connectivity index (χ4v) is 1.53. The van der Waals surface area contributed by atoms with Crippen molar-refractivity contribution in [1.82, 2.24) is 0 Å². The molecule has 0 aromatic heterocycles. The van der Waals surface area contributed by atoms with Crippen LogP contribution in [0.4, 0.5) is 0 Å². The maximum Gasteiger partial charge on any atom is 0.337 e. The Morgan fingerprint density at radius 3 is 1.89 bits per heavy atom. The number of carbonyl (C=O) groups is 4. The van der Waals surface area contributed by atoms with Gasteiger partial charge in [0.05, 0.1) is 6.42 Å². The van der Waals surface area contributed by atoms with Gasteiger partial charge >= 0.3 is 17.9 Å². The van der Waals surface area contributed by atoms with Crippen molar-refractivity contribution in [3.63, 3.8) is 0 Å². The van der Waals surface area contributed by atoms with Gasteiger partial charge in [-0.15, -0.1) is 0 Å². The van der Waals surface area contributed by atoms with E-state index in [1.807, 2.05) is 0 Å². The molecule has 0 saturated carbocycles. The van der Waals surface area contributed by atoms with E-state index in [4.69, 9.17) is 15.3 Å². The summed E-state index contributed by atoms with van der Waals surface area (Å²) >= 11 is 0. The van der Waals surface area contributed by atoms with Gasteiger partial charge < -0.3 is 20.4 Å². The Kier molecular flexibility index (Phi) is 5.44. The van der Waals surface area contributed by atoms with Crippen molar-refractivity contribution in [3.8, 4) is 0 Å². The third-order valence-electron chi connectivity index (χ3n) is 2.33. The molecule has 102 valence electrons. The highest BCUT2D eigenvalue weighted by Gasteiger charge is 2.53. The molecule has 4 N–H and O–H groups in total. The summed E-state index contributed by atoms with van der Waals surface area (Å²) in [5.74, 6) is -8.95. The van der Waals surface area contributed by atoms with Crippen LogP contribution in [0.25, 0.3) is 0 Å². The van der Waals surface area contributed by atoms with Crippen LogP contribution in [0.2, 0.25) is 0 Å². The number of hydrogen-bond donors (Lipinski definition) is 4. The van der Waals surface area contributed by atoms with Gasteiger partial charge in [0.1, 0.15) is 0 Å². The highest BCUT2D eigenvalue weighted by atomic mass is 16.4. The Labute approximate surface area is 102 Å². The molecule has 2 atom stereocenters. The molecule has 0 aromatic carbocycles. The van der Waals surface area contributed by atoms with E-state index in [2.05, 4.69) is 0 Å². The molecule has 0 amide bonds. The summed E-state index contributed by atoms with van der Waals surface area (Å²) in [6, 6.07) is 0. The summed E-state index contributed by atoms with van der Waals surface area (Å²) in [7, 11) is 0. The molecule has 0 radical (unpaired) electrons. The van der Waals surface area contributed by atoms with Gasteiger partial charge in [-0.05, 0) is 6.42 Å². The second-order valence-corrected chi connectivity index (χ2v) is 3.79. The minimum absolute atomic E-state index is 0.255. The van der Waals surface area contributed by atoms with Gasteiger partial charge in [-0.25, -0.2) is 4.79 Å². The van der Waals surface area contributed by atoms with Crippen molar-refractivity contribution >= 4 is 23.7 Å². The van der Waals surface area contributed by atoms with Crippen LogP contribution < -0.4 is 0 Å². The summed E-state index contributed by atoms with van der Waals surface area (Å²) in [6.45, 7) is 1.56. The van der Waals surface area contributed by atoms with Crippen LogP contribution >= 0.6 is 0 Å². The molecule has 0 heterocycles. The zero-order valence-electron chi connectivity index (χ0n) is 9.62. The number of rotatable bonds is 8. The molecule has 0 bridgehead atoms. The van der Waals surface area contributed by atoms with Crippen LogP contribution in [0.15, 0.2) is 0 Å². The maximum absolute atomic E-state index is 11.5. The molecule has 0 rings (SSSR count). The lowest BCUT2D eigenvalue weighted by Crippen LogP contribution is -2.53. The van der Waals surface area contributed by atoms with E-state index in [1.165, 1.54) is 0 Å². The first-order chi connectivity index (χ1) is 8.16. The molecule has 0 aliphatic rings. The zero-order chi connectivity index (χ0) is 14.5. The Balaban J connectivity index is 5.50. The first-order valence-corrected chi connectivity index (χ1v) is 5.09. The highest BCUT2D eigenvalue weighted by molar-refractivity contribution is 6.05. The molecule has 18 heavy (non-hydrogen) atoms. The van der Waals surface area contributed by atoms with Crippen LogP contribution in [0, 0.1) is 5.92 Å². The molecule has 8 heteroatoms. The third-order valence-corrected chi connectivity index (χ3v) is 2.33. The van der Waals surface area contributed by atoms with Crippen LogP contribution in [0.3, 0.4) is 0 Å². The molecule has 0 aliphatic heterocycles. The number of carbonyl (C=O) groups excluding carboxylic acids is 1. The smallest absolute Gasteiger partial charge is 0.337 e. The molecule has 8 nitrogen and oxygen atoms in total. The minimum atomic E-state index is -3.15. The third kappa shape index (κ3) is 3.52. The van der Waals surface area contributed by atoms with Crippen molar-refractivity contribution in [2.75, 3.05) is 0 Å². The normalized spacial score (nSPS) is 15.4. The standard InChI is InChI=1S/C10H14O8/c1-2-3-5(11)7(8(14)15)10(18,9(16)17)4-6(12)13/h7,18H,2-4H2,1H3,(H,12,13)(H,14,15)(H,16,17). The topological polar surface area (TPSA) is 149 Å². The highest BCUT2D eigenvalue weighted by Crippen LogP contribution is 2.25. The number of aliphatic hydroxyl groups is 1. The number of carboxylic acid groups (broad SMARTS) is 3. The Morgan fingerprint density at radius 2 is 1.61 bits per heavy atom. The van der Waals surface area contributed by atoms with Crippen LogP contribution in [-0.2, 0) is 19.2 Å². The summed E-state index contributed by atoms with van der Waals surface area (Å²) < 4.78 is 0. The van der Waals surface area contributed by atoms with E-state index in [1.54, 1.807) is 6.92 Å². The van der Waals surface area contributed by atoms with Gasteiger partial charge in [0.15, 0.2) is 17.3 Å². The summed E-state index contributed by atoms with van der Waals surface area (Å²) in [5.41, 5.74) is -3.15. The van der Waals surface area contributed by atoms with E-state index >= 15 is 0 Å². The fourth-order valence-electron chi connectivity index (χ4n) is 1.53. The second kappa shape index (κ2) is 6.10. The van der Waals surface area contributed by atoms with E-state index in [0.717, 1.165) is 0 Å². The molecular weight excluding hydrogens is 248 g/mol. The molecule has 2 unspecified atom stereocenters. The molecule has 0 fully saturated rings. The van der Waals surface area contributed by atoms with Gasteiger partial charge in [0, 0.05) is 6.42 Å². The van der Waals surface area contributed by atoms with E-state index < -0.39 is 41.6 Å². The molecule has 0 aliphatic carbocycles. The van der Waals surface area contributed by atoms with Crippen LogP contribution in [-0.4, -0.2) is 49.7 Å². The summed E-state index contributed by atoms with van der Waals surface area (Å²) in [5, 5.41) is 35.8.